The van der Waals surface area contributed by atoms with Crippen LogP contribution in [0.2, 0.25) is 0 Å². The lowest BCUT2D eigenvalue weighted by molar-refractivity contribution is 0.0695. The Kier molecular flexibility index (Phi) is 3.93. The van der Waals surface area contributed by atoms with E-state index in [-0.39, 0.29) is 17.4 Å². The Morgan fingerprint density at radius 2 is 2.28 bits per heavy atom. The summed E-state index contributed by atoms with van der Waals surface area (Å²) < 4.78 is 15.7. The van der Waals surface area contributed by atoms with Crippen molar-refractivity contribution in [3.8, 4) is 0 Å². The van der Waals surface area contributed by atoms with Crippen molar-refractivity contribution in [2.45, 2.75) is 18.9 Å². The number of hydrogen-bond acceptors (Lipinski definition) is 4. The van der Waals surface area contributed by atoms with Crippen LogP contribution in [0.3, 0.4) is 0 Å². The SMILES string of the molecule is O=C(O)c1ccncc1Cc1nn([C@H]2CCNC2)c2ccc(F)cc12. The number of carboxylic acids is 1. The predicted molar refractivity (Wildman–Crippen MR) is 90.2 cm³/mol. The number of pyridine rings is 1. The van der Waals surface area contributed by atoms with Crippen LogP contribution in [-0.2, 0) is 6.42 Å². The topological polar surface area (TPSA) is 80.0 Å². The van der Waals surface area contributed by atoms with Crippen molar-refractivity contribution in [2.75, 3.05) is 13.1 Å². The highest BCUT2D eigenvalue weighted by molar-refractivity contribution is 5.89. The first-order chi connectivity index (χ1) is 12.1. The summed E-state index contributed by atoms with van der Waals surface area (Å²) in [6.07, 6.45) is 4.24. The highest BCUT2D eigenvalue weighted by atomic mass is 19.1. The smallest absolute Gasteiger partial charge is 0.336 e. The van der Waals surface area contributed by atoms with E-state index in [0.29, 0.717) is 23.1 Å². The van der Waals surface area contributed by atoms with Gasteiger partial charge in [0.05, 0.1) is 22.8 Å². The quantitative estimate of drug-likeness (QED) is 0.762. The number of halogens is 1. The van der Waals surface area contributed by atoms with Gasteiger partial charge in [-0.2, -0.15) is 5.10 Å². The van der Waals surface area contributed by atoms with Crippen molar-refractivity contribution in [3.63, 3.8) is 0 Å². The van der Waals surface area contributed by atoms with Gasteiger partial charge in [-0.25, -0.2) is 9.18 Å². The molecule has 0 saturated carbocycles. The summed E-state index contributed by atoms with van der Waals surface area (Å²) in [6.45, 7) is 1.75. The number of nitrogens with zero attached hydrogens (tertiary/aromatic N) is 3. The molecule has 1 aliphatic heterocycles. The Morgan fingerprint density at radius 3 is 3.04 bits per heavy atom. The average molecular weight is 340 g/mol. The molecule has 3 aromatic rings. The molecule has 0 aliphatic carbocycles. The van der Waals surface area contributed by atoms with Crippen LogP contribution in [0.5, 0.6) is 0 Å². The molecule has 1 aliphatic rings. The van der Waals surface area contributed by atoms with Crippen LogP contribution in [0.4, 0.5) is 4.39 Å². The average Bonchev–Trinajstić information content (AvgIpc) is 3.23. The zero-order chi connectivity index (χ0) is 17.4. The zero-order valence-corrected chi connectivity index (χ0v) is 13.4. The summed E-state index contributed by atoms with van der Waals surface area (Å²) in [7, 11) is 0. The van der Waals surface area contributed by atoms with E-state index < -0.39 is 5.97 Å². The first-order valence-electron chi connectivity index (χ1n) is 8.17. The third-order valence-electron chi connectivity index (χ3n) is 4.62. The summed E-state index contributed by atoms with van der Waals surface area (Å²) in [5.41, 5.74) is 2.29. The number of aromatic carboxylic acids is 1. The van der Waals surface area contributed by atoms with Gasteiger partial charge in [0.15, 0.2) is 0 Å². The third kappa shape index (κ3) is 2.87. The molecule has 1 atom stereocenters. The maximum atomic E-state index is 13.8. The number of benzene rings is 1. The molecule has 0 spiro atoms. The Morgan fingerprint density at radius 1 is 1.40 bits per heavy atom. The van der Waals surface area contributed by atoms with Crippen molar-refractivity contribution < 1.29 is 14.3 Å². The maximum Gasteiger partial charge on any atom is 0.336 e. The molecular weight excluding hydrogens is 323 g/mol. The highest BCUT2D eigenvalue weighted by Gasteiger charge is 2.22. The van der Waals surface area contributed by atoms with E-state index >= 15 is 0 Å². The number of carbonyl (C=O) groups is 1. The molecule has 1 aromatic carbocycles. The second-order valence-electron chi connectivity index (χ2n) is 6.21. The minimum atomic E-state index is -1.01. The molecule has 0 bridgehead atoms. The fourth-order valence-corrected chi connectivity index (χ4v) is 3.39. The zero-order valence-electron chi connectivity index (χ0n) is 13.4. The third-order valence-corrected chi connectivity index (χ3v) is 4.62. The Bertz CT molecular complexity index is 947. The Balaban J connectivity index is 1.82. The number of fused-ring (bicyclic) bond motifs is 1. The second-order valence-corrected chi connectivity index (χ2v) is 6.21. The summed E-state index contributed by atoms with van der Waals surface area (Å²) >= 11 is 0. The van der Waals surface area contributed by atoms with Gasteiger partial charge in [0.1, 0.15) is 5.82 Å². The van der Waals surface area contributed by atoms with Gasteiger partial charge < -0.3 is 10.4 Å². The van der Waals surface area contributed by atoms with E-state index in [1.54, 1.807) is 6.07 Å². The summed E-state index contributed by atoms with van der Waals surface area (Å²) in [5.74, 6) is -1.34. The Labute approximate surface area is 143 Å². The van der Waals surface area contributed by atoms with Gasteiger partial charge in [-0.05, 0) is 42.8 Å². The van der Waals surface area contributed by atoms with E-state index in [4.69, 9.17) is 5.10 Å². The van der Waals surface area contributed by atoms with E-state index in [9.17, 15) is 14.3 Å². The first kappa shape index (κ1) is 15.7. The first-order valence-corrected chi connectivity index (χ1v) is 8.17. The van der Waals surface area contributed by atoms with E-state index in [0.717, 1.165) is 25.0 Å². The fourth-order valence-electron chi connectivity index (χ4n) is 3.39. The van der Waals surface area contributed by atoms with Crippen molar-refractivity contribution in [1.29, 1.82) is 0 Å². The molecule has 4 rings (SSSR count). The van der Waals surface area contributed by atoms with Gasteiger partial charge in [-0.3, -0.25) is 9.67 Å². The minimum Gasteiger partial charge on any atom is -0.478 e. The summed E-state index contributed by atoms with van der Waals surface area (Å²) in [5, 5.41) is 18.1. The van der Waals surface area contributed by atoms with Gasteiger partial charge in [-0.15, -0.1) is 0 Å². The van der Waals surface area contributed by atoms with Gasteiger partial charge in [0.25, 0.3) is 0 Å². The van der Waals surface area contributed by atoms with E-state index in [1.165, 1.54) is 30.6 Å². The van der Waals surface area contributed by atoms with E-state index in [1.807, 2.05) is 4.68 Å². The standard InChI is InChI=1S/C18H17FN4O2/c19-12-1-2-17-15(8-12)16(22-23(17)13-3-5-21-10-13)7-11-9-20-6-4-14(11)18(24)25/h1-2,4,6,8-9,13,21H,3,5,7,10H2,(H,24,25)/t13-/m0/s1. The molecule has 1 saturated heterocycles. The molecule has 128 valence electrons. The van der Waals surface area contributed by atoms with Gasteiger partial charge in [-0.1, -0.05) is 0 Å². The van der Waals surface area contributed by atoms with Crippen LogP contribution in [0.15, 0.2) is 36.7 Å². The van der Waals surface area contributed by atoms with Crippen molar-refractivity contribution in [1.82, 2.24) is 20.1 Å². The monoisotopic (exact) mass is 340 g/mol. The molecule has 3 heterocycles. The van der Waals surface area contributed by atoms with Crippen molar-refractivity contribution >= 4 is 16.9 Å². The fraction of sp³-hybridized carbons (Fsp3) is 0.278. The van der Waals surface area contributed by atoms with Gasteiger partial charge in [0, 0.05) is 30.7 Å². The minimum absolute atomic E-state index is 0.191. The molecule has 7 heteroatoms. The number of carboxylic acid groups (broad SMARTS) is 1. The van der Waals surface area contributed by atoms with E-state index in [2.05, 4.69) is 10.3 Å². The summed E-state index contributed by atoms with van der Waals surface area (Å²) in [4.78, 5) is 15.4. The number of nitrogens with one attached hydrogen (secondary N) is 1. The lowest BCUT2D eigenvalue weighted by Crippen LogP contribution is -2.14. The molecular formula is C18H17FN4O2. The highest BCUT2D eigenvalue weighted by Crippen LogP contribution is 2.27. The second kappa shape index (κ2) is 6.25. The number of rotatable bonds is 4. The molecule has 0 unspecified atom stereocenters. The molecule has 0 radical (unpaired) electrons. The molecule has 25 heavy (non-hydrogen) atoms. The molecule has 1 fully saturated rings. The predicted octanol–water partition coefficient (Wildman–Crippen LogP) is 2.39. The molecule has 2 N–H and O–H groups in total. The normalized spacial score (nSPS) is 17.2. The lowest BCUT2D eigenvalue weighted by atomic mass is 10.0. The lowest BCUT2D eigenvalue weighted by Gasteiger charge is -2.10. The van der Waals surface area contributed by atoms with Crippen LogP contribution in [-0.4, -0.2) is 38.9 Å². The van der Waals surface area contributed by atoms with Crippen molar-refractivity contribution in [3.05, 3.63) is 59.3 Å². The largest absolute Gasteiger partial charge is 0.478 e. The maximum absolute atomic E-state index is 13.8. The molecule has 2 aromatic heterocycles. The number of hydrogen-bond donors (Lipinski definition) is 2. The number of aromatic nitrogens is 3. The van der Waals surface area contributed by atoms with Gasteiger partial charge >= 0.3 is 5.97 Å². The van der Waals surface area contributed by atoms with Crippen LogP contribution >= 0.6 is 0 Å². The molecule has 6 nitrogen and oxygen atoms in total. The van der Waals surface area contributed by atoms with Crippen LogP contribution in [0.25, 0.3) is 10.9 Å². The van der Waals surface area contributed by atoms with Crippen LogP contribution < -0.4 is 5.32 Å². The van der Waals surface area contributed by atoms with Crippen LogP contribution in [0, 0.1) is 5.82 Å². The Hall–Kier alpha value is -2.80. The van der Waals surface area contributed by atoms with Crippen LogP contribution in [0.1, 0.15) is 34.1 Å². The summed E-state index contributed by atoms with van der Waals surface area (Å²) in [6, 6.07) is 6.32. The van der Waals surface area contributed by atoms with Gasteiger partial charge in [0.2, 0.25) is 0 Å². The van der Waals surface area contributed by atoms with Crippen molar-refractivity contribution in [2.24, 2.45) is 0 Å². The molecule has 0 amide bonds.